The van der Waals surface area contributed by atoms with Crippen molar-refractivity contribution in [1.82, 2.24) is 15.8 Å². The van der Waals surface area contributed by atoms with Crippen molar-refractivity contribution in [2.75, 3.05) is 27.3 Å². The second kappa shape index (κ2) is 7.77. The van der Waals surface area contributed by atoms with Crippen LogP contribution in [0.1, 0.15) is 22.7 Å². The average Bonchev–Trinajstić information content (AvgIpc) is 3.22. The van der Waals surface area contributed by atoms with E-state index >= 15 is 0 Å². The summed E-state index contributed by atoms with van der Waals surface area (Å²) in [4.78, 5) is 15.1. The zero-order valence-electron chi connectivity index (χ0n) is 16.0. The molecule has 0 aromatic heterocycles. The van der Waals surface area contributed by atoms with Crippen molar-refractivity contribution in [3.05, 3.63) is 58.9 Å². The van der Waals surface area contributed by atoms with Gasteiger partial charge in [-0.05, 0) is 47.4 Å². The van der Waals surface area contributed by atoms with E-state index in [0.717, 1.165) is 17.5 Å². The van der Waals surface area contributed by atoms with E-state index in [4.69, 9.17) is 9.47 Å². The molecule has 28 heavy (non-hydrogen) atoms. The largest absolute Gasteiger partial charge is 0.493 e. The van der Waals surface area contributed by atoms with Crippen LogP contribution in [0.25, 0.3) is 0 Å². The Kier molecular flexibility index (Phi) is 5.19. The lowest BCUT2D eigenvalue weighted by molar-refractivity contribution is -0.136. The summed E-state index contributed by atoms with van der Waals surface area (Å²) in [5.74, 6) is 0.944. The molecule has 2 atom stereocenters. The molecule has 0 aliphatic carbocycles. The highest BCUT2D eigenvalue weighted by molar-refractivity contribution is 5.81. The molecule has 2 aromatic rings. The predicted molar refractivity (Wildman–Crippen MR) is 102 cm³/mol. The lowest BCUT2D eigenvalue weighted by Crippen LogP contribution is -2.42. The summed E-state index contributed by atoms with van der Waals surface area (Å²) < 4.78 is 24.0. The second-order valence-corrected chi connectivity index (χ2v) is 7.15. The van der Waals surface area contributed by atoms with Gasteiger partial charge in [-0.15, -0.1) is 0 Å². The number of nitrogens with zero attached hydrogens (tertiary/aromatic N) is 1. The van der Waals surface area contributed by atoms with Gasteiger partial charge in [0.05, 0.1) is 26.2 Å². The van der Waals surface area contributed by atoms with Crippen molar-refractivity contribution in [1.29, 1.82) is 0 Å². The molecule has 2 unspecified atom stereocenters. The van der Waals surface area contributed by atoms with E-state index < -0.39 is 0 Å². The maximum absolute atomic E-state index is 13.3. The molecule has 1 saturated heterocycles. The predicted octanol–water partition coefficient (Wildman–Crippen LogP) is 2.19. The van der Waals surface area contributed by atoms with Crippen molar-refractivity contribution in [3.63, 3.8) is 0 Å². The number of hydrazine groups is 1. The van der Waals surface area contributed by atoms with Crippen LogP contribution in [0.3, 0.4) is 0 Å². The third-order valence-corrected chi connectivity index (χ3v) is 5.56. The van der Waals surface area contributed by atoms with Gasteiger partial charge in [0.2, 0.25) is 5.91 Å². The molecule has 0 saturated carbocycles. The Morgan fingerprint density at radius 2 is 1.79 bits per heavy atom. The molecule has 2 aliphatic heterocycles. The van der Waals surface area contributed by atoms with E-state index in [-0.39, 0.29) is 23.7 Å². The Morgan fingerprint density at radius 1 is 1.11 bits per heavy atom. The van der Waals surface area contributed by atoms with Gasteiger partial charge < -0.3 is 14.4 Å². The molecule has 2 aromatic carbocycles. The first-order valence-corrected chi connectivity index (χ1v) is 9.37. The van der Waals surface area contributed by atoms with Gasteiger partial charge in [0.25, 0.3) is 0 Å². The summed E-state index contributed by atoms with van der Waals surface area (Å²) in [5.41, 5.74) is 9.39. The summed E-state index contributed by atoms with van der Waals surface area (Å²) in [7, 11) is 3.23. The number of hydrogen-bond donors (Lipinski definition) is 2. The quantitative estimate of drug-likeness (QED) is 0.845. The number of benzene rings is 2. The van der Waals surface area contributed by atoms with Gasteiger partial charge in [-0.25, -0.2) is 9.82 Å². The molecule has 2 N–H and O–H groups in total. The highest BCUT2D eigenvalue weighted by Crippen LogP contribution is 2.34. The smallest absolute Gasteiger partial charge is 0.229 e. The van der Waals surface area contributed by atoms with Gasteiger partial charge in [-0.1, -0.05) is 12.1 Å². The Labute approximate surface area is 163 Å². The van der Waals surface area contributed by atoms with Gasteiger partial charge in [0.1, 0.15) is 5.82 Å². The molecular weight excluding hydrogens is 361 g/mol. The molecule has 1 amide bonds. The Bertz CT molecular complexity index is 872. The fourth-order valence-electron chi connectivity index (χ4n) is 4.02. The molecule has 1 fully saturated rings. The normalized spacial score (nSPS) is 21.3. The van der Waals surface area contributed by atoms with Crippen LogP contribution in [0.2, 0.25) is 0 Å². The first-order valence-electron chi connectivity index (χ1n) is 9.37. The first-order chi connectivity index (χ1) is 13.6. The van der Waals surface area contributed by atoms with E-state index in [1.165, 1.54) is 17.7 Å². The monoisotopic (exact) mass is 385 g/mol. The van der Waals surface area contributed by atoms with Gasteiger partial charge in [0, 0.05) is 19.6 Å². The van der Waals surface area contributed by atoms with E-state index in [2.05, 4.69) is 10.9 Å². The van der Waals surface area contributed by atoms with Gasteiger partial charge in [0.15, 0.2) is 11.5 Å². The van der Waals surface area contributed by atoms with Crippen LogP contribution in [0.5, 0.6) is 11.5 Å². The van der Waals surface area contributed by atoms with Gasteiger partial charge >= 0.3 is 0 Å². The molecule has 2 aliphatic rings. The van der Waals surface area contributed by atoms with Crippen LogP contribution < -0.4 is 20.3 Å². The Morgan fingerprint density at radius 3 is 2.46 bits per heavy atom. The minimum atomic E-state index is -0.283. The minimum Gasteiger partial charge on any atom is -0.493 e. The molecule has 0 bridgehead atoms. The van der Waals surface area contributed by atoms with Crippen LogP contribution >= 0.6 is 0 Å². The first kappa shape index (κ1) is 18.7. The van der Waals surface area contributed by atoms with Crippen LogP contribution in [0, 0.1) is 11.7 Å². The maximum Gasteiger partial charge on any atom is 0.229 e. The Hall–Kier alpha value is -2.64. The summed E-state index contributed by atoms with van der Waals surface area (Å²) in [6, 6.07) is 10.1. The number of hydrogen-bond acceptors (Lipinski definition) is 5. The highest BCUT2D eigenvalue weighted by atomic mass is 19.1. The lowest BCUT2D eigenvalue weighted by atomic mass is 9.92. The molecule has 0 spiro atoms. The zero-order chi connectivity index (χ0) is 19.7. The van der Waals surface area contributed by atoms with Crippen LogP contribution in [0.4, 0.5) is 4.39 Å². The Balaban J connectivity index is 1.53. The molecule has 0 radical (unpaired) electrons. The molecule has 148 valence electrons. The van der Waals surface area contributed by atoms with Crippen molar-refractivity contribution >= 4 is 5.91 Å². The molecule has 2 heterocycles. The molecular formula is C21H24FN3O3. The number of carbonyl (C=O) groups excluding carboxylic acids is 1. The number of ether oxygens (including phenoxy) is 2. The highest BCUT2D eigenvalue weighted by Gasteiger charge is 2.37. The topological polar surface area (TPSA) is 62.8 Å². The third kappa shape index (κ3) is 3.43. The molecule has 4 rings (SSSR count). The van der Waals surface area contributed by atoms with Crippen molar-refractivity contribution < 1.29 is 18.7 Å². The van der Waals surface area contributed by atoms with E-state index in [1.807, 2.05) is 17.0 Å². The zero-order valence-corrected chi connectivity index (χ0v) is 16.0. The van der Waals surface area contributed by atoms with Crippen molar-refractivity contribution in [2.45, 2.75) is 19.0 Å². The summed E-state index contributed by atoms with van der Waals surface area (Å²) in [6.45, 7) is 1.74. The number of carbonyl (C=O) groups is 1. The van der Waals surface area contributed by atoms with Gasteiger partial charge in [-0.3, -0.25) is 10.2 Å². The number of fused-ring (bicyclic) bond motifs is 1. The van der Waals surface area contributed by atoms with Crippen LogP contribution in [0.15, 0.2) is 36.4 Å². The standard InChI is InChI=1S/C21H24FN3O3/c1-27-18-9-14-7-8-25(12-15(14)10-19(18)28-2)21(26)17-11-23-24-20(17)13-3-5-16(22)6-4-13/h3-6,9-10,17,20,23-24H,7-8,11-12H2,1-2H3. The number of rotatable bonds is 4. The number of amides is 1. The molecule has 6 nitrogen and oxygen atoms in total. The summed E-state index contributed by atoms with van der Waals surface area (Å²) in [5, 5.41) is 0. The van der Waals surface area contributed by atoms with Gasteiger partial charge in [-0.2, -0.15) is 0 Å². The average molecular weight is 385 g/mol. The number of halogens is 1. The third-order valence-electron chi connectivity index (χ3n) is 5.56. The SMILES string of the molecule is COc1cc2c(cc1OC)CN(C(=O)C1CNNC1c1ccc(F)cc1)CC2. The second-order valence-electron chi connectivity index (χ2n) is 7.15. The van der Waals surface area contributed by atoms with Crippen molar-refractivity contribution in [2.24, 2.45) is 5.92 Å². The van der Waals surface area contributed by atoms with E-state index in [9.17, 15) is 9.18 Å². The lowest BCUT2D eigenvalue weighted by Gasteiger charge is -2.32. The summed E-state index contributed by atoms with van der Waals surface area (Å²) in [6.07, 6.45) is 0.774. The maximum atomic E-state index is 13.3. The number of nitrogens with one attached hydrogen (secondary N) is 2. The van der Waals surface area contributed by atoms with Crippen molar-refractivity contribution in [3.8, 4) is 11.5 Å². The fraction of sp³-hybridized carbons (Fsp3) is 0.381. The van der Waals surface area contributed by atoms with Crippen LogP contribution in [-0.4, -0.2) is 38.1 Å². The molecule has 7 heteroatoms. The van der Waals surface area contributed by atoms with Crippen LogP contribution in [-0.2, 0) is 17.8 Å². The minimum absolute atomic E-state index is 0.0901. The van der Waals surface area contributed by atoms with E-state index in [0.29, 0.717) is 31.1 Å². The van der Waals surface area contributed by atoms with E-state index in [1.54, 1.807) is 26.4 Å². The fourth-order valence-corrected chi connectivity index (χ4v) is 4.02. The summed E-state index contributed by atoms with van der Waals surface area (Å²) >= 11 is 0. The number of methoxy groups -OCH3 is 2.